The van der Waals surface area contributed by atoms with Gasteiger partial charge in [0.25, 0.3) is 0 Å². The molecule has 3 heterocycles. The van der Waals surface area contributed by atoms with Crippen LogP contribution >= 0.6 is 0 Å². The normalized spacial score (nSPS) is 18.1. The van der Waals surface area contributed by atoms with Gasteiger partial charge in [0, 0.05) is 49.8 Å². The molecule has 36 heavy (non-hydrogen) atoms. The molecule has 11 heteroatoms. The number of rotatable bonds is 6. The van der Waals surface area contributed by atoms with E-state index in [1.807, 2.05) is 26.0 Å². The van der Waals surface area contributed by atoms with Gasteiger partial charge in [0.05, 0.1) is 40.4 Å². The Morgan fingerprint density at radius 3 is 2.42 bits per heavy atom. The lowest BCUT2D eigenvalue weighted by Gasteiger charge is -2.36. The first-order valence-electron chi connectivity index (χ1n) is 11.4. The predicted octanol–water partition coefficient (Wildman–Crippen LogP) is 4.00. The van der Waals surface area contributed by atoms with Gasteiger partial charge in [-0.05, 0) is 44.2 Å². The van der Waals surface area contributed by atoms with Crippen LogP contribution < -0.4 is 15.5 Å². The Bertz CT molecular complexity index is 1370. The first-order chi connectivity index (χ1) is 17.0. The molecule has 0 aliphatic carbocycles. The molecule has 2 atom stereocenters. The molecule has 1 fully saturated rings. The van der Waals surface area contributed by atoms with E-state index in [4.69, 9.17) is 4.74 Å². The highest BCUT2D eigenvalue weighted by atomic mass is 32.2. The summed E-state index contributed by atoms with van der Waals surface area (Å²) in [5, 5.41) is 5.68. The number of aromatic nitrogens is 2. The molecular formula is C25H28FN5O4S. The van der Waals surface area contributed by atoms with Crippen molar-refractivity contribution in [2.24, 2.45) is 0 Å². The maximum atomic E-state index is 14.2. The average molecular weight is 514 g/mol. The third-order valence-electron chi connectivity index (χ3n) is 5.60. The van der Waals surface area contributed by atoms with E-state index in [1.165, 1.54) is 19.1 Å². The quantitative estimate of drug-likeness (QED) is 0.509. The van der Waals surface area contributed by atoms with E-state index in [9.17, 15) is 17.6 Å². The van der Waals surface area contributed by atoms with Gasteiger partial charge in [0.1, 0.15) is 11.6 Å². The zero-order valence-corrected chi connectivity index (χ0v) is 21.3. The lowest BCUT2D eigenvalue weighted by Crippen LogP contribution is -2.45. The fraction of sp³-hybridized carbons (Fsp3) is 0.320. The number of halogens is 1. The summed E-state index contributed by atoms with van der Waals surface area (Å²) in [6.07, 6.45) is 4.55. The molecule has 0 bridgehead atoms. The molecular weight excluding hydrogens is 485 g/mol. The van der Waals surface area contributed by atoms with Crippen LogP contribution in [0.15, 0.2) is 53.7 Å². The molecule has 2 unspecified atom stereocenters. The second kappa shape index (κ2) is 10.2. The van der Waals surface area contributed by atoms with Crippen LogP contribution in [0.3, 0.4) is 0 Å². The molecule has 1 aliphatic rings. The third-order valence-corrected chi connectivity index (χ3v) is 6.69. The van der Waals surface area contributed by atoms with Crippen molar-refractivity contribution < 1.29 is 22.3 Å². The first-order valence-corrected chi connectivity index (χ1v) is 13.3. The first kappa shape index (κ1) is 25.5. The van der Waals surface area contributed by atoms with Gasteiger partial charge in [0.15, 0.2) is 9.84 Å². The van der Waals surface area contributed by atoms with Gasteiger partial charge in [-0.2, -0.15) is 0 Å². The van der Waals surface area contributed by atoms with E-state index in [-0.39, 0.29) is 34.5 Å². The van der Waals surface area contributed by atoms with Crippen molar-refractivity contribution in [2.75, 3.05) is 34.9 Å². The van der Waals surface area contributed by atoms with Gasteiger partial charge in [-0.15, -0.1) is 0 Å². The summed E-state index contributed by atoms with van der Waals surface area (Å²) in [6.45, 7) is 6.95. The number of nitrogens with zero attached hydrogens (tertiary/aromatic N) is 3. The number of benzene rings is 1. The molecule has 1 saturated heterocycles. The number of amides is 1. The zero-order chi connectivity index (χ0) is 26.0. The highest BCUT2D eigenvalue weighted by molar-refractivity contribution is 7.90. The molecule has 190 valence electrons. The number of carbonyl (C=O) groups is 1. The standard InChI is InChI=1S/C25H28FN5O4S/c1-15-13-31(14-16(2)35-15)20-5-6-23(27-11-20)22-12-28-25(29-17(3)32)10-24(22)30-19-7-18(26)8-21(9-19)36(4,33)34/h5-12,15-16H,13-14H2,1-4H3,(H2,28,29,30,32). The monoisotopic (exact) mass is 513 g/mol. The summed E-state index contributed by atoms with van der Waals surface area (Å²) in [7, 11) is -3.63. The smallest absolute Gasteiger partial charge is 0.222 e. The Hall–Kier alpha value is -3.57. The summed E-state index contributed by atoms with van der Waals surface area (Å²) < 4.78 is 44.0. The number of anilines is 4. The SMILES string of the molecule is CC(=O)Nc1cc(Nc2cc(F)cc(S(C)(=O)=O)c2)c(-c2ccc(N3CC(C)OC(C)C3)cn2)cn1. The molecule has 1 aromatic carbocycles. The minimum Gasteiger partial charge on any atom is -0.372 e. The topological polar surface area (TPSA) is 114 Å². The van der Waals surface area contributed by atoms with E-state index < -0.39 is 15.7 Å². The minimum absolute atomic E-state index is 0.109. The summed E-state index contributed by atoms with van der Waals surface area (Å²) in [5.41, 5.74) is 2.83. The van der Waals surface area contributed by atoms with Gasteiger partial charge < -0.3 is 20.3 Å². The second-order valence-electron chi connectivity index (χ2n) is 8.93. The van der Waals surface area contributed by atoms with Gasteiger partial charge in [-0.1, -0.05) is 0 Å². The van der Waals surface area contributed by atoms with Crippen molar-refractivity contribution in [3.05, 3.63) is 54.6 Å². The largest absolute Gasteiger partial charge is 0.372 e. The van der Waals surface area contributed by atoms with E-state index in [1.54, 1.807) is 18.5 Å². The van der Waals surface area contributed by atoms with Crippen LogP contribution in [0.25, 0.3) is 11.3 Å². The van der Waals surface area contributed by atoms with Crippen LogP contribution in [0.2, 0.25) is 0 Å². The van der Waals surface area contributed by atoms with Crippen LogP contribution in [0, 0.1) is 5.82 Å². The summed E-state index contributed by atoms with van der Waals surface area (Å²) in [4.78, 5) is 22.5. The Labute approximate surface area is 209 Å². The minimum atomic E-state index is -3.63. The van der Waals surface area contributed by atoms with E-state index in [0.717, 1.165) is 31.1 Å². The molecule has 2 N–H and O–H groups in total. The van der Waals surface area contributed by atoms with Gasteiger partial charge in [-0.3, -0.25) is 9.78 Å². The summed E-state index contributed by atoms with van der Waals surface area (Å²) in [5.74, 6) is -0.723. The number of pyridine rings is 2. The molecule has 0 radical (unpaired) electrons. The maximum Gasteiger partial charge on any atom is 0.222 e. The maximum absolute atomic E-state index is 14.2. The van der Waals surface area contributed by atoms with Crippen LogP contribution in [0.5, 0.6) is 0 Å². The highest BCUT2D eigenvalue weighted by Gasteiger charge is 2.23. The Morgan fingerprint density at radius 2 is 1.81 bits per heavy atom. The molecule has 2 aromatic heterocycles. The lowest BCUT2D eigenvalue weighted by atomic mass is 10.1. The molecule has 0 saturated carbocycles. The van der Waals surface area contributed by atoms with Crippen molar-refractivity contribution in [1.29, 1.82) is 0 Å². The van der Waals surface area contributed by atoms with Crippen LogP contribution in [-0.2, 0) is 19.4 Å². The lowest BCUT2D eigenvalue weighted by molar-refractivity contribution is -0.114. The number of nitrogens with one attached hydrogen (secondary N) is 2. The molecule has 1 amide bonds. The van der Waals surface area contributed by atoms with Crippen LogP contribution in [0.4, 0.5) is 27.3 Å². The molecule has 0 spiro atoms. The Kier molecular flexibility index (Phi) is 7.23. The molecule has 1 aliphatic heterocycles. The van der Waals surface area contributed by atoms with Gasteiger partial charge in [0.2, 0.25) is 5.91 Å². The summed E-state index contributed by atoms with van der Waals surface area (Å²) >= 11 is 0. The van der Waals surface area contributed by atoms with E-state index in [0.29, 0.717) is 16.9 Å². The van der Waals surface area contributed by atoms with Crippen LogP contribution in [0.1, 0.15) is 20.8 Å². The van der Waals surface area contributed by atoms with Gasteiger partial charge >= 0.3 is 0 Å². The number of hydrogen-bond acceptors (Lipinski definition) is 8. The molecule has 9 nitrogen and oxygen atoms in total. The third kappa shape index (κ3) is 6.16. The van der Waals surface area contributed by atoms with Gasteiger partial charge in [-0.25, -0.2) is 17.8 Å². The highest BCUT2D eigenvalue weighted by Crippen LogP contribution is 2.32. The van der Waals surface area contributed by atoms with Crippen molar-refractivity contribution >= 4 is 38.6 Å². The number of hydrogen-bond donors (Lipinski definition) is 2. The number of carbonyl (C=O) groups excluding carboxylic acids is 1. The predicted molar refractivity (Wildman–Crippen MR) is 137 cm³/mol. The number of sulfone groups is 1. The average Bonchev–Trinajstić information content (AvgIpc) is 2.77. The fourth-order valence-electron chi connectivity index (χ4n) is 4.14. The van der Waals surface area contributed by atoms with E-state index in [2.05, 4.69) is 25.5 Å². The van der Waals surface area contributed by atoms with Crippen LogP contribution in [-0.4, -0.2) is 55.8 Å². The summed E-state index contributed by atoms with van der Waals surface area (Å²) in [6, 6.07) is 8.90. The van der Waals surface area contributed by atoms with Crippen molar-refractivity contribution in [3.8, 4) is 11.3 Å². The molecule has 3 aromatic rings. The Morgan fingerprint density at radius 1 is 1.08 bits per heavy atom. The van der Waals surface area contributed by atoms with E-state index >= 15 is 0 Å². The zero-order valence-electron chi connectivity index (χ0n) is 20.4. The Balaban J connectivity index is 1.70. The second-order valence-corrected chi connectivity index (χ2v) is 10.9. The van der Waals surface area contributed by atoms with Crippen molar-refractivity contribution in [3.63, 3.8) is 0 Å². The van der Waals surface area contributed by atoms with Crippen molar-refractivity contribution in [1.82, 2.24) is 9.97 Å². The fourth-order valence-corrected chi connectivity index (χ4v) is 4.80. The number of ether oxygens (including phenoxy) is 1. The van der Waals surface area contributed by atoms with Crippen molar-refractivity contribution in [2.45, 2.75) is 37.9 Å². The molecule has 4 rings (SSSR count). The number of morpholine rings is 1.